The summed E-state index contributed by atoms with van der Waals surface area (Å²) in [6.07, 6.45) is 0. The number of hydrogen-bond donors (Lipinski definition) is 1. The van der Waals surface area contributed by atoms with Gasteiger partial charge in [-0.1, -0.05) is 29.8 Å². The van der Waals surface area contributed by atoms with Crippen LogP contribution in [0.1, 0.15) is 21.5 Å². The third-order valence-corrected chi connectivity index (χ3v) is 7.34. The number of aryl methyl sites for hydroxylation is 2. The van der Waals surface area contributed by atoms with Crippen molar-refractivity contribution in [1.82, 2.24) is 9.88 Å². The number of benzene rings is 2. The molecule has 0 saturated carbocycles. The molecule has 7 nitrogen and oxygen atoms in total. The molecule has 2 heterocycles. The number of nitrogens with one attached hydrogen (secondary N) is 1. The van der Waals surface area contributed by atoms with Gasteiger partial charge in [-0.15, -0.1) is 0 Å². The third-order valence-electron chi connectivity index (χ3n) is 5.61. The average molecular weight is 485 g/mol. The third kappa shape index (κ3) is 5.29. The first-order valence-electron chi connectivity index (χ1n) is 10.6. The topological polar surface area (TPSA) is 82.6 Å². The van der Waals surface area contributed by atoms with E-state index in [9.17, 15) is 13.2 Å². The normalized spacial score (nSPS) is 14.3. The molecule has 1 aromatic heterocycles. The van der Waals surface area contributed by atoms with E-state index in [1.165, 1.54) is 0 Å². The minimum Gasteiger partial charge on any atom is -0.353 e. The Balaban J connectivity index is 1.40. The van der Waals surface area contributed by atoms with Gasteiger partial charge in [0, 0.05) is 37.4 Å². The van der Waals surface area contributed by atoms with Crippen LogP contribution in [-0.2, 0) is 10.0 Å². The molecule has 1 aliphatic rings. The Morgan fingerprint density at radius 3 is 2.33 bits per heavy atom. The second-order valence-electron chi connectivity index (χ2n) is 8.05. The molecule has 1 aliphatic heterocycles. The van der Waals surface area contributed by atoms with Gasteiger partial charge in [-0.05, 0) is 67.4 Å². The van der Waals surface area contributed by atoms with E-state index < -0.39 is 10.0 Å². The zero-order chi connectivity index (χ0) is 23.6. The maximum atomic E-state index is 12.9. The van der Waals surface area contributed by atoms with Crippen molar-refractivity contribution in [2.24, 2.45) is 0 Å². The average Bonchev–Trinajstić information content (AvgIpc) is 2.80. The fourth-order valence-electron chi connectivity index (χ4n) is 3.78. The summed E-state index contributed by atoms with van der Waals surface area (Å²) in [6.45, 7) is 6.06. The Morgan fingerprint density at radius 2 is 1.67 bits per heavy atom. The van der Waals surface area contributed by atoms with E-state index in [-0.39, 0.29) is 10.8 Å². The van der Waals surface area contributed by atoms with Crippen LogP contribution < -0.4 is 9.62 Å². The first-order chi connectivity index (χ1) is 15.7. The maximum Gasteiger partial charge on any atom is 0.262 e. The minimum absolute atomic E-state index is 0.0855. The summed E-state index contributed by atoms with van der Waals surface area (Å²) >= 11 is 5.98. The van der Waals surface area contributed by atoms with Crippen LogP contribution in [0.25, 0.3) is 0 Å². The maximum absolute atomic E-state index is 12.9. The highest BCUT2D eigenvalue weighted by molar-refractivity contribution is 7.92. The van der Waals surface area contributed by atoms with Gasteiger partial charge in [-0.2, -0.15) is 0 Å². The molecule has 0 radical (unpaired) electrons. The van der Waals surface area contributed by atoms with Gasteiger partial charge < -0.3 is 9.80 Å². The number of anilines is 2. The molecule has 1 amide bonds. The molecule has 1 N–H and O–H groups in total. The van der Waals surface area contributed by atoms with E-state index in [4.69, 9.17) is 11.6 Å². The minimum atomic E-state index is -3.72. The number of carbonyl (C=O) groups excluding carboxylic acids is 1. The highest BCUT2D eigenvalue weighted by atomic mass is 35.5. The van der Waals surface area contributed by atoms with E-state index in [1.54, 1.807) is 54.3 Å². The van der Waals surface area contributed by atoms with Gasteiger partial charge >= 0.3 is 0 Å². The van der Waals surface area contributed by atoms with Crippen LogP contribution in [0.5, 0.6) is 0 Å². The second-order valence-corrected chi connectivity index (χ2v) is 10.1. The fraction of sp³-hybridized carbons (Fsp3) is 0.250. The number of nitrogens with zero attached hydrogens (tertiary/aromatic N) is 3. The molecule has 0 spiro atoms. The number of carbonyl (C=O) groups is 1. The highest BCUT2D eigenvalue weighted by Gasteiger charge is 2.23. The molecule has 1 saturated heterocycles. The van der Waals surface area contributed by atoms with Gasteiger partial charge in [0.2, 0.25) is 0 Å². The van der Waals surface area contributed by atoms with E-state index in [2.05, 4.69) is 14.6 Å². The number of rotatable bonds is 5. The lowest BCUT2D eigenvalue weighted by Gasteiger charge is -2.35. The molecule has 0 bridgehead atoms. The van der Waals surface area contributed by atoms with Crippen molar-refractivity contribution in [2.45, 2.75) is 18.7 Å². The Kier molecular flexibility index (Phi) is 6.58. The number of pyridine rings is 1. The van der Waals surface area contributed by atoms with Gasteiger partial charge in [0.15, 0.2) is 0 Å². The zero-order valence-electron chi connectivity index (χ0n) is 18.5. The lowest BCUT2D eigenvalue weighted by Crippen LogP contribution is -2.49. The fourth-order valence-corrected chi connectivity index (χ4v) is 5.33. The summed E-state index contributed by atoms with van der Waals surface area (Å²) < 4.78 is 28.2. The number of amides is 1. The molecular weight excluding hydrogens is 460 g/mol. The molecule has 1 fully saturated rings. The van der Waals surface area contributed by atoms with Gasteiger partial charge in [0.05, 0.1) is 4.90 Å². The van der Waals surface area contributed by atoms with Gasteiger partial charge in [-0.25, -0.2) is 13.4 Å². The molecule has 9 heteroatoms. The number of hydrogen-bond acceptors (Lipinski definition) is 5. The standard InChI is InChI=1S/C24H25ClN4O3S/c1-17-6-7-18(2)21(16-17)33(31,32)27-20-10-8-19(9-11-20)24(30)29-14-12-28(13-15-29)23-5-3-4-22(25)26-23/h3-11,16,27H,12-15H2,1-2H3. The SMILES string of the molecule is Cc1ccc(C)c(S(=O)(=O)Nc2ccc(C(=O)N3CCN(c4cccc(Cl)n4)CC3)cc2)c1. The van der Waals surface area contributed by atoms with Crippen molar-refractivity contribution in [2.75, 3.05) is 35.8 Å². The molecule has 33 heavy (non-hydrogen) atoms. The molecule has 3 aromatic rings. The predicted molar refractivity (Wildman–Crippen MR) is 131 cm³/mol. The van der Waals surface area contributed by atoms with Crippen molar-refractivity contribution in [3.05, 3.63) is 82.5 Å². The van der Waals surface area contributed by atoms with Gasteiger partial charge in [0.25, 0.3) is 15.9 Å². The summed E-state index contributed by atoms with van der Waals surface area (Å²) in [4.78, 5) is 21.4. The van der Waals surface area contributed by atoms with Crippen molar-refractivity contribution in [3.8, 4) is 0 Å². The second kappa shape index (κ2) is 9.41. The van der Waals surface area contributed by atoms with Crippen molar-refractivity contribution in [3.63, 3.8) is 0 Å². The van der Waals surface area contributed by atoms with Gasteiger partial charge in [0.1, 0.15) is 11.0 Å². The van der Waals surface area contributed by atoms with Crippen molar-refractivity contribution < 1.29 is 13.2 Å². The number of sulfonamides is 1. The summed E-state index contributed by atoms with van der Waals surface area (Å²) in [5, 5.41) is 0.444. The Hall–Kier alpha value is -3.10. The molecule has 4 rings (SSSR count). The molecule has 0 aliphatic carbocycles. The molecule has 172 valence electrons. The van der Waals surface area contributed by atoms with E-state index in [1.807, 2.05) is 25.1 Å². The first-order valence-corrected chi connectivity index (χ1v) is 12.5. The van der Waals surface area contributed by atoms with E-state index >= 15 is 0 Å². The smallest absolute Gasteiger partial charge is 0.262 e. The monoisotopic (exact) mass is 484 g/mol. The largest absolute Gasteiger partial charge is 0.353 e. The van der Waals surface area contributed by atoms with Crippen LogP contribution in [0.3, 0.4) is 0 Å². The molecule has 0 atom stereocenters. The van der Waals surface area contributed by atoms with Crippen LogP contribution in [0.4, 0.5) is 11.5 Å². The lowest BCUT2D eigenvalue weighted by atomic mass is 10.1. The molecular formula is C24H25ClN4O3S. The van der Waals surface area contributed by atoms with E-state index in [0.29, 0.717) is 48.1 Å². The first kappa shape index (κ1) is 23.1. The van der Waals surface area contributed by atoms with Crippen LogP contribution >= 0.6 is 11.6 Å². The number of halogens is 1. The van der Waals surface area contributed by atoms with Crippen molar-refractivity contribution >= 4 is 39.0 Å². The Bertz CT molecular complexity index is 1270. The Morgan fingerprint density at radius 1 is 0.970 bits per heavy atom. The van der Waals surface area contributed by atoms with Crippen molar-refractivity contribution in [1.29, 1.82) is 0 Å². The molecule has 0 unspecified atom stereocenters. The van der Waals surface area contributed by atoms with E-state index in [0.717, 1.165) is 11.4 Å². The van der Waals surface area contributed by atoms with Crippen LogP contribution in [-0.4, -0.2) is 50.4 Å². The Labute approximate surface area is 199 Å². The highest BCUT2D eigenvalue weighted by Crippen LogP contribution is 2.22. The summed E-state index contributed by atoms with van der Waals surface area (Å²) in [7, 11) is -3.72. The van der Waals surface area contributed by atoms with Crippen LogP contribution in [0, 0.1) is 13.8 Å². The number of piperazine rings is 1. The summed E-state index contributed by atoms with van der Waals surface area (Å²) in [5.41, 5.74) is 2.46. The van der Waals surface area contributed by atoms with Gasteiger partial charge in [-0.3, -0.25) is 9.52 Å². The summed E-state index contributed by atoms with van der Waals surface area (Å²) in [6, 6.07) is 17.3. The lowest BCUT2D eigenvalue weighted by molar-refractivity contribution is 0.0746. The zero-order valence-corrected chi connectivity index (χ0v) is 20.0. The predicted octanol–water partition coefficient (Wildman–Crippen LogP) is 4.12. The summed E-state index contributed by atoms with van der Waals surface area (Å²) in [5.74, 6) is 0.715. The molecule has 2 aromatic carbocycles. The quantitative estimate of drug-likeness (QED) is 0.551. The van der Waals surface area contributed by atoms with Crippen LogP contribution in [0.15, 0.2) is 65.6 Å². The number of aromatic nitrogens is 1. The van der Waals surface area contributed by atoms with Crippen LogP contribution in [0.2, 0.25) is 5.15 Å².